The molecule has 1 saturated heterocycles. The van der Waals surface area contributed by atoms with Gasteiger partial charge in [0.05, 0.1) is 25.1 Å². The molecule has 140 valence electrons. The van der Waals surface area contributed by atoms with Crippen molar-refractivity contribution in [3.05, 3.63) is 48.3 Å². The van der Waals surface area contributed by atoms with Crippen LogP contribution < -0.4 is 11.1 Å². The van der Waals surface area contributed by atoms with Gasteiger partial charge in [-0.2, -0.15) is 5.10 Å². The van der Waals surface area contributed by atoms with Crippen molar-refractivity contribution in [2.75, 3.05) is 31.6 Å². The van der Waals surface area contributed by atoms with E-state index in [4.69, 9.17) is 10.5 Å². The van der Waals surface area contributed by atoms with Crippen LogP contribution in [-0.2, 0) is 20.9 Å². The summed E-state index contributed by atoms with van der Waals surface area (Å²) in [5.74, 6) is -0.351. The van der Waals surface area contributed by atoms with Gasteiger partial charge in [0.1, 0.15) is 12.6 Å². The van der Waals surface area contributed by atoms with Gasteiger partial charge in [-0.1, -0.05) is 30.3 Å². The Morgan fingerprint density at radius 3 is 2.62 bits per heavy atom. The Morgan fingerprint density at radius 1 is 1.23 bits per heavy atom. The summed E-state index contributed by atoms with van der Waals surface area (Å²) >= 11 is 0. The first-order valence-electron chi connectivity index (χ1n) is 8.13. The summed E-state index contributed by atoms with van der Waals surface area (Å²) in [7, 11) is 0. The number of nitrogens with one attached hydrogen (secondary N) is 1. The van der Waals surface area contributed by atoms with Crippen molar-refractivity contribution in [1.82, 2.24) is 14.7 Å². The number of carbonyl (C=O) groups is 2. The van der Waals surface area contributed by atoms with Gasteiger partial charge in [0.15, 0.2) is 0 Å². The number of amides is 2. The van der Waals surface area contributed by atoms with E-state index in [1.165, 1.54) is 10.9 Å². The zero-order valence-electron chi connectivity index (χ0n) is 14.2. The quantitative estimate of drug-likeness (QED) is 0.800. The highest BCUT2D eigenvalue weighted by atomic mass is 35.5. The van der Waals surface area contributed by atoms with E-state index >= 15 is 0 Å². The second-order valence-corrected chi connectivity index (χ2v) is 5.80. The van der Waals surface area contributed by atoms with E-state index in [0.29, 0.717) is 32.0 Å². The molecule has 9 heteroatoms. The third-order valence-corrected chi connectivity index (χ3v) is 4.00. The summed E-state index contributed by atoms with van der Waals surface area (Å²) in [5, 5.41) is 6.84. The Morgan fingerprint density at radius 2 is 1.92 bits per heavy atom. The Kier molecular flexibility index (Phi) is 7.14. The van der Waals surface area contributed by atoms with Crippen LogP contribution >= 0.6 is 12.4 Å². The first kappa shape index (κ1) is 19.9. The van der Waals surface area contributed by atoms with E-state index in [9.17, 15) is 9.59 Å². The highest BCUT2D eigenvalue weighted by molar-refractivity contribution is 5.95. The Bertz CT molecular complexity index is 731. The number of morpholine rings is 1. The van der Waals surface area contributed by atoms with E-state index in [0.717, 1.165) is 5.56 Å². The van der Waals surface area contributed by atoms with Crippen LogP contribution in [0.1, 0.15) is 11.6 Å². The molecular weight excluding hydrogens is 358 g/mol. The van der Waals surface area contributed by atoms with Gasteiger partial charge in [0, 0.05) is 19.3 Å². The number of ether oxygens (including phenoxy) is 1. The van der Waals surface area contributed by atoms with Crippen molar-refractivity contribution < 1.29 is 14.3 Å². The van der Waals surface area contributed by atoms with E-state index in [1.807, 2.05) is 18.2 Å². The van der Waals surface area contributed by atoms with Gasteiger partial charge in [-0.3, -0.25) is 14.3 Å². The molecule has 8 nitrogen and oxygen atoms in total. The average Bonchev–Trinajstić information content (AvgIpc) is 3.09. The number of hydrogen-bond donors (Lipinski definition) is 2. The van der Waals surface area contributed by atoms with Crippen LogP contribution in [0.5, 0.6) is 0 Å². The molecule has 1 aromatic carbocycles. The number of carbonyl (C=O) groups excluding carboxylic acids is 2. The van der Waals surface area contributed by atoms with Crippen molar-refractivity contribution >= 4 is 29.9 Å². The minimum Gasteiger partial charge on any atom is -0.378 e. The number of hydrogen-bond acceptors (Lipinski definition) is 5. The second-order valence-electron chi connectivity index (χ2n) is 5.80. The zero-order chi connectivity index (χ0) is 17.6. The van der Waals surface area contributed by atoms with E-state index in [2.05, 4.69) is 10.4 Å². The molecule has 1 aliphatic rings. The number of nitrogens with zero attached hydrogens (tertiary/aromatic N) is 3. The topological polar surface area (TPSA) is 102 Å². The Labute approximate surface area is 157 Å². The average molecular weight is 380 g/mol. The molecule has 0 bridgehead atoms. The summed E-state index contributed by atoms with van der Waals surface area (Å²) in [6, 6.07) is 8.36. The lowest BCUT2D eigenvalue weighted by Gasteiger charge is -2.26. The largest absolute Gasteiger partial charge is 0.378 e. The molecule has 2 heterocycles. The van der Waals surface area contributed by atoms with Crippen LogP contribution in [0, 0.1) is 0 Å². The molecule has 2 aromatic rings. The maximum atomic E-state index is 12.2. The normalized spacial score (nSPS) is 15.0. The molecule has 0 aliphatic carbocycles. The van der Waals surface area contributed by atoms with Gasteiger partial charge in [0.25, 0.3) is 0 Å². The predicted molar refractivity (Wildman–Crippen MR) is 98.9 cm³/mol. The van der Waals surface area contributed by atoms with Crippen LogP contribution in [-0.4, -0.2) is 52.8 Å². The summed E-state index contributed by atoms with van der Waals surface area (Å²) < 4.78 is 6.73. The molecule has 1 unspecified atom stereocenters. The molecule has 0 radical (unpaired) electrons. The van der Waals surface area contributed by atoms with Gasteiger partial charge in [0.2, 0.25) is 11.8 Å². The maximum Gasteiger partial charge on any atom is 0.245 e. The Hall–Kier alpha value is -2.42. The third-order valence-electron chi connectivity index (χ3n) is 4.00. The number of halogens is 1. The highest BCUT2D eigenvalue weighted by Crippen LogP contribution is 2.13. The van der Waals surface area contributed by atoms with Crippen LogP contribution in [0.4, 0.5) is 5.69 Å². The molecule has 3 rings (SSSR count). The van der Waals surface area contributed by atoms with Crippen LogP contribution in [0.3, 0.4) is 0 Å². The number of nitrogens with two attached hydrogens (primary N) is 1. The van der Waals surface area contributed by atoms with Crippen molar-refractivity contribution in [2.24, 2.45) is 5.73 Å². The lowest BCUT2D eigenvalue weighted by Crippen LogP contribution is -2.42. The van der Waals surface area contributed by atoms with E-state index in [-0.39, 0.29) is 30.8 Å². The molecule has 1 aromatic heterocycles. The predicted octanol–water partition coefficient (Wildman–Crippen LogP) is 0.802. The van der Waals surface area contributed by atoms with Crippen molar-refractivity contribution in [1.29, 1.82) is 0 Å². The Balaban J connectivity index is 0.00000243. The van der Waals surface area contributed by atoms with Gasteiger partial charge < -0.3 is 20.7 Å². The van der Waals surface area contributed by atoms with Crippen LogP contribution in [0.15, 0.2) is 42.7 Å². The van der Waals surface area contributed by atoms with Crippen LogP contribution in [0.25, 0.3) is 0 Å². The highest BCUT2D eigenvalue weighted by Gasteiger charge is 2.19. The lowest BCUT2D eigenvalue weighted by molar-refractivity contribution is -0.136. The van der Waals surface area contributed by atoms with Crippen LogP contribution in [0.2, 0.25) is 0 Å². The van der Waals surface area contributed by atoms with Crippen molar-refractivity contribution in [2.45, 2.75) is 12.6 Å². The van der Waals surface area contributed by atoms with Gasteiger partial charge in [-0.05, 0) is 5.56 Å². The van der Waals surface area contributed by atoms with Crippen molar-refractivity contribution in [3.63, 3.8) is 0 Å². The first-order chi connectivity index (χ1) is 12.1. The standard InChI is InChI=1S/C17H21N5O3.ClH/c18-16(13-4-2-1-3-5-13)17(24)20-14-10-19-22(11-14)12-15(23)21-6-8-25-9-7-21;/h1-5,10-11,16H,6-9,12,18H2,(H,20,24);1H. The fourth-order valence-electron chi connectivity index (χ4n) is 2.60. The molecular formula is C17H22ClN5O3. The second kappa shape index (κ2) is 9.33. The zero-order valence-corrected chi connectivity index (χ0v) is 15.0. The maximum absolute atomic E-state index is 12.2. The minimum absolute atomic E-state index is 0. The molecule has 0 spiro atoms. The van der Waals surface area contributed by atoms with Gasteiger partial charge in [-0.15, -0.1) is 12.4 Å². The smallest absolute Gasteiger partial charge is 0.245 e. The molecule has 2 amide bonds. The molecule has 1 fully saturated rings. The monoisotopic (exact) mass is 379 g/mol. The number of benzene rings is 1. The first-order valence-corrected chi connectivity index (χ1v) is 8.13. The summed E-state index contributed by atoms with van der Waals surface area (Å²) in [5.41, 5.74) is 7.20. The fourth-order valence-corrected chi connectivity index (χ4v) is 2.60. The molecule has 1 aliphatic heterocycles. The molecule has 0 saturated carbocycles. The summed E-state index contributed by atoms with van der Waals surface area (Å²) in [6.45, 7) is 2.43. The van der Waals surface area contributed by atoms with Gasteiger partial charge in [-0.25, -0.2) is 0 Å². The molecule has 1 atom stereocenters. The molecule has 3 N–H and O–H groups in total. The third kappa shape index (κ3) is 5.04. The summed E-state index contributed by atoms with van der Waals surface area (Å²) in [4.78, 5) is 26.2. The number of anilines is 1. The summed E-state index contributed by atoms with van der Waals surface area (Å²) in [6.07, 6.45) is 3.12. The van der Waals surface area contributed by atoms with E-state index < -0.39 is 6.04 Å². The SMILES string of the molecule is Cl.NC(C(=O)Nc1cnn(CC(=O)N2CCOCC2)c1)c1ccccc1. The minimum atomic E-state index is -0.764. The van der Waals surface area contributed by atoms with Crippen molar-refractivity contribution in [3.8, 4) is 0 Å². The van der Waals surface area contributed by atoms with Gasteiger partial charge >= 0.3 is 0 Å². The number of aromatic nitrogens is 2. The fraction of sp³-hybridized carbons (Fsp3) is 0.353. The molecule has 26 heavy (non-hydrogen) atoms. The number of rotatable bonds is 5. The van der Waals surface area contributed by atoms with E-state index in [1.54, 1.807) is 23.2 Å². The lowest BCUT2D eigenvalue weighted by atomic mass is 10.1.